The molecule has 0 aliphatic heterocycles. The lowest BCUT2D eigenvalue weighted by atomic mass is 10.1. The number of hydrogen-bond acceptors (Lipinski definition) is 3. The first kappa shape index (κ1) is 20.3. The number of hydrogen-bond donors (Lipinski definition) is 1. The highest BCUT2D eigenvalue weighted by Crippen LogP contribution is 2.37. The molecule has 3 rings (SSSR count). The Morgan fingerprint density at radius 1 is 1.00 bits per heavy atom. The van der Waals surface area contributed by atoms with Gasteiger partial charge in [-0.05, 0) is 36.6 Å². The second-order valence-electron chi connectivity index (χ2n) is 7.06. The van der Waals surface area contributed by atoms with Gasteiger partial charge in [-0.2, -0.15) is 0 Å². The monoisotopic (exact) mass is 407 g/mol. The summed E-state index contributed by atoms with van der Waals surface area (Å²) < 4.78 is 11.5. The van der Waals surface area contributed by atoms with Crippen LogP contribution in [0.5, 0.6) is 11.5 Å². The molecule has 0 unspecified atom stereocenters. The van der Waals surface area contributed by atoms with E-state index in [9.17, 15) is 0 Å². The van der Waals surface area contributed by atoms with E-state index in [1.54, 1.807) is 7.11 Å². The third-order valence-electron chi connectivity index (χ3n) is 5.07. The molecule has 0 aromatic heterocycles. The summed E-state index contributed by atoms with van der Waals surface area (Å²) in [5.74, 6) is 1.20. The summed E-state index contributed by atoms with van der Waals surface area (Å²) >= 11 is 12.7. The van der Waals surface area contributed by atoms with E-state index < -0.39 is 0 Å². The molecule has 0 spiro atoms. The molecule has 2 aromatic carbocycles. The Morgan fingerprint density at radius 3 is 2.44 bits per heavy atom. The highest BCUT2D eigenvalue weighted by atomic mass is 35.5. The molecule has 5 heteroatoms. The van der Waals surface area contributed by atoms with Gasteiger partial charge in [0.15, 0.2) is 11.5 Å². The van der Waals surface area contributed by atoms with Crippen LogP contribution in [0, 0.1) is 0 Å². The number of ether oxygens (including phenoxy) is 2. The van der Waals surface area contributed by atoms with Gasteiger partial charge < -0.3 is 14.8 Å². The van der Waals surface area contributed by atoms with Gasteiger partial charge in [-0.3, -0.25) is 0 Å². The summed E-state index contributed by atoms with van der Waals surface area (Å²) in [6, 6.07) is 12.2. The molecule has 1 aliphatic carbocycles. The van der Waals surface area contributed by atoms with E-state index in [0.29, 0.717) is 34.2 Å². The van der Waals surface area contributed by atoms with Gasteiger partial charge in [0.25, 0.3) is 0 Å². The van der Waals surface area contributed by atoms with Crippen molar-refractivity contribution in [3.8, 4) is 11.5 Å². The minimum Gasteiger partial charge on any atom is -0.493 e. The Hall–Kier alpha value is -1.42. The van der Waals surface area contributed by atoms with Gasteiger partial charge in [-0.15, -0.1) is 0 Å². The zero-order valence-corrected chi connectivity index (χ0v) is 17.3. The molecular weight excluding hydrogens is 381 g/mol. The Morgan fingerprint density at radius 2 is 1.74 bits per heavy atom. The van der Waals surface area contributed by atoms with Crippen molar-refractivity contribution in [3.05, 3.63) is 57.6 Å². The number of benzene rings is 2. The maximum Gasteiger partial charge on any atom is 0.180 e. The molecule has 0 saturated heterocycles. The number of rotatable bonds is 7. The van der Waals surface area contributed by atoms with E-state index in [1.807, 2.05) is 36.4 Å². The molecule has 1 aliphatic rings. The summed E-state index contributed by atoms with van der Waals surface area (Å²) in [4.78, 5) is 0. The van der Waals surface area contributed by atoms with Gasteiger partial charge in [0.1, 0.15) is 6.61 Å². The minimum absolute atomic E-state index is 0.343. The molecule has 0 heterocycles. The molecule has 0 amide bonds. The summed E-state index contributed by atoms with van der Waals surface area (Å²) in [6.45, 7) is 1.13. The standard InChI is InChI=1S/C22H27Cl2NO2/c1-26-21-13-16(14-25-18-9-4-2-3-5-10-18)12-20(24)22(21)27-15-17-8-6-7-11-19(17)23/h6-8,11-13,18,25H,2-5,9-10,14-15H2,1H3. The second kappa shape index (κ2) is 10.2. The normalized spacial score (nSPS) is 15.4. The first-order valence-electron chi connectivity index (χ1n) is 9.63. The van der Waals surface area contributed by atoms with E-state index in [4.69, 9.17) is 32.7 Å². The molecule has 27 heavy (non-hydrogen) atoms. The summed E-state index contributed by atoms with van der Waals surface area (Å²) in [5, 5.41) is 4.90. The van der Waals surface area contributed by atoms with Crippen molar-refractivity contribution in [2.45, 2.75) is 57.7 Å². The van der Waals surface area contributed by atoms with Crippen molar-refractivity contribution in [1.29, 1.82) is 0 Å². The lowest BCUT2D eigenvalue weighted by Crippen LogP contribution is -2.27. The van der Waals surface area contributed by atoms with Crippen molar-refractivity contribution >= 4 is 23.2 Å². The maximum absolute atomic E-state index is 6.50. The lowest BCUT2D eigenvalue weighted by molar-refractivity contribution is 0.284. The van der Waals surface area contributed by atoms with Crippen LogP contribution in [0.4, 0.5) is 0 Å². The van der Waals surface area contributed by atoms with Gasteiger partial charge in [-0.25, -0.2) is 0 Å². The van der Waals surface area contributed by atoms with Gasteiger partial charge in [0.05, 0.1) is 12.1 Å². The second-order valence-corrected chi connectivity index (χ2v) is 7.87. The van der Waals surface area contributed by atoms with Gasteiger partial charge in [-0.1, -0.05) is 67.1 Å². The number of nitrogens with one attached hydrogen (secondary N) is 1. The topological polar surface area (TPSA) is 30.5 Å². The van der Waals surface area contributed by atoms with E-state index in [2.05, 4.69) is 5.32 Å². The largest absolute Gasteiger partial charge is 0.493 e. The molecule has 3 nitrogen and oxygen atoms in total. The summed E-state index contributed by atoms with van der Waals surface area (Å²) in [5.41, 5.74) is 2.02. The highest BCUT2D eigenvalue weighted by Gasteiger charge is 2.15. The van der Waals surface area contributed by atoms with Crippen LogP contribution in [-0.4, -0.2) is 13.2 Å². The molecule has 0 atom stereocenters. The van der Waals surface area contributed by atoms with E-state index in [0.717, 1.165) is 17.7 Å². The fourth-order valence-electron chi connectivity index (χ4n) is 3.53. The van der Waals surface area contributed by atoms with Gasteiger partial charge in [0.2, 0.25) is 0 Å². The predicted molar refractivity (Wildman–Crippen MR) is 112 cm³/mol. The number of halogens is 2. The molecule has 1 fully saturated rings. The Labute approximate surface area is 172 Å². The smallest absolute Gasteiger partial charge is 0.180 e. The predicted octanol–water partition coefficient (Wildman–Crippen LogP) is 6.39. The van der Waals surface area contributed by atoms with Crippen LogP contribution in [0.1, 0.15) is 49.7 Å². The van der Waals surface area contributed by atoms with Crippen LogP contribution in [0.25, 0.3) is 0 Å². The Balaban J connectivity index is 1.66. The van der Waals surface area contributed by atoms with Crippen molar-refractivity contribution in [2.24, 2.45) is 0 Å². The Kier molecular flexibility index (Phi) is 7.69. The third kappa shape index (κ3) is 5.78. The van der Waals surface area contributed by atoms with Crippen LogP contribution in [0.15, 0.2) is 36.4 Å². The molecule has 0 radical (unpaired) electrons. The fraction of sp³-hybridized carbons (Fsp3) is 0.455. The first-order valence-corrected chi connectivity index (χ1v) is 10.4. The van der Waals surface area contributed by atoms with Crippen LogP contribution >= 0.6 is 23.2 Å². The molecule has 146 valence electrons. The molecule has 1 saturated carbocycles. The van der Waals surface area contributed by atoms with Crippen molar-refractivity contribution in [1.82, 2.24) is 5.32 Å². The van der Waals surface area contributed by atoms with Crippen LogP contribution in [0.3, 0.4) is 0 Å². The SMILES string of the molecule is COc1cc(CNC2CCCCCC2)cc(Cl)c1OCc1ccccc1Cl. The van der Waals surface area contributed by atoms with Crippen LogP contribution < -0.4 is 14.8 Å². The zero-order chi connectivity index (χ0) is 19.1. The first-order chi connectivity index (χ1) is 13.2. The van der Waals surface area contributed by atoms with Crippen molar-refractivity contribution in [2.75, 3.05) is 7.11 Å². The van der Waals surface area contributed by atoms with E-state index in [1.165, 1.54) is 38.5 Å². The average molecular weight is 408 g/mol. The van der Waals surface area contributed by atoms with Crippen molar-refractivity contribution in [3.63, 3.8) is 0 Å². The molecule has 0 bridgehead atoms. The fourth-order valence-corrected chi connectivity index (χ4v) is 4.00. The highest BCUT2D eigenvalue weighted by molar-refractivity contribution is 6.32. The number of methoxy groups -OCH3 is 1. The van der Waals surface area contributed by atoms with Crippen molar-refractivity contribution < 1.29 is 9.47 Å². The molecule has 1 N–H and O–H groups in total. The summed E-state index contributed by atoms with van der Waals surface area (Å²) in [6.07, 6.45) is 7.85. The maximum atomic E-state index is 6.50. The average Bonchev–Trinajstić information content (AvgIpc) is 2.95. The van der Waals surface area contributed by atoms with E-state index in [-0.39, 0.29) is 0 Å². The Bertz CT molecular complexity index is 743. The minimum atomic E-state index is 0.343. The molecule has 2 aromatic rings. The molecular formula is C22H27Cl2NO2. The van der Waals surface area contributed by atoms with Crippen LogP contribution in [-0.2, 0) is 13.2 Å². The third-order valence-corrected chi connectivity index (χ3v) is 5.72. The zero-order valence-electron chi connectivity index (χ0n) is 15.8. The van der Waals surface area contributed by atoms with Crippen LogP contribution in [0.2, 0.25) is 10.0 Å². The van der Waals surface area contributed by atoms with E-state index >= 15 is 0 Å². The quantitative estimate of drug-likeness (QED) is 0.538. The van der Waals surface area contributed by atoms with Gasteiger partial charge in [0, 0.05) is 23.2 Å². The van der Waals surface area contributed by atoms with Gasteiger partial charge >= 0.3 is 0 Å². The lowest BCUT2D eigenvalue weighted by Gasteiger charge is -2.18. The summed E-state index contributed by atoms with van der Waals surface area (Å²) in [7, 11) is 1.64.